The first kappa shape index (κ1) is 16.9. The fraction of sp³-hybridized carbons (Fsp3) is 0.500. The molecule has 1 unspecified atom stereocenters. The van der Waals surface area contributed by atoms with E-state index in [1.807, 2.05) is 6.92 Å². The molecule has 1 aliphatic rings. The average Bonchev–Trinajstić information content (AvgIpc) is 2.40. The number of rotatable bonds is 3. The van der Waals surface area contributed by atoms with Crippen LogP contribution in [0, 0.1) is 11.6 Å². The van der Waals surface area contributed by atoms with E-state index in [9.17, 15) is 13.6 Å². The second kappa shape index (κ2) is 7.55. The number of benzene rings is 1. The highest BCUT2D eigenvalue weighted by Crippen LogP contribution is 2.14. The summed E-state index contributed by atoms with van der Waals surface area (Å²) in [6, 6.07) is 4.35. The fourth-order valence-corrected chi connectivity index (χ4v) is 2.30. The van der Waals surface area contributed by atoms with Gasteiger partial charge in [-0.05, 0) is 25.0 Å². The molecule has 3 nitrogen and oxygen atoms in total. The molecule has 1 N–H and O–H groups in total. The fourth-order valence-electron chi connectivity index (χ4n) is 2.30. The van der Waals surface area contributed by atoms with Crippen LogP contribution in [0.1, 0.15) is 18.9 Å². The van der Waals surface area contributed by atoms with Crippen molar-refractivity contribution in [1.82, 2.24) is 10.2 Å². The number of amides is 1. The minimum atomic E-state index is -0.860. The Morgan fingerprint density at radius 1 is 1.45 bits per heavy atom. The molecule has 1 aliphatic heterocycles. The predicted octanol–water partition coefficient (Wildman–Crippen LogP) is 2.14. The number of carbonyl (C=O) groups excluding carboxylic acids is 1. The molecule has 0 radical (unpaired) electrons. The largest absolute Gasteiger partial charge is 0.340 e. The lowest BCUT2D eigenvalue weighted by atomic mass is 10.1. The van der Waals surface area contributed by atoms with Crippen molar-refractivity contribution in [2.24, 2.45) is 0 Å². The van der Waals surface area contributed by atoms with Crippen LogP contribution in [0.25, 0.3) is 0 Å². The summed E-state index contributed by atoms with van der Waals surface area (Å²) in [4.78, 5) is 13.8. The molecular weight excluding hydrogens is 286 g/mol. The molecule has 0 aromatic heterocycles. The van der Waals surface area contributed by atoms with Gasteiger partial charge < -0.3 is 10.2 Å². The Kier molecular flexibility index (Phi) is 6.36. The van der Waals surface area contributed by atoms with Crippen LogP contribution in [0.2, 0.25) is 0 Å². The van der Waals surface area contributed by atoms with Crippen LogP contribution in [-0.2, 0) is 11.2 Å². The predicted molar refractivity (Wildman–Crippen MR) is 76.0 cm³/mol. The molecule has 0 saturated carbocycles. The molecule has 1 fully saturated rings. The summed E-state index contributed by atoms with van der Waals surface area (Å²) < 4.78 is 26.5. The second-order valence-electron chi connectivity index (χ2n) is 4.91. The quantitative estimate of drug-likeness (QED) is 0.928. The molecule has 20 heavy (non-hydrogen) atoms. The molecule has 0 spiro atoms. The normalized spacial score (nSPS) is 18.6. The summed E-state index contributed by atoms with van der Waals surface area (Å²) in [6.07, 6.45) is 0.452. The van der Waals surface area contributed by atoms with Gasteiger partial charge in [0.25, 0.3) is 0 Å². The van der Waals surface area contributed by atoms with E-state index in [1.165, 1.54) is 12.1 Å². The first-order valence-corrected chi connectivity index (χ1v) is 6.52. The minimum absolute atomic E-state index is 0. The number of nitrogens with zero attached hydrogens (tertiary/aromatic N) is 1. The average molecular weight is 305 g/mol. The molecule has 1 heterocycles. The molecule has 6 heteroatoms. The lowest BCUT2D eigenvalue weighted by Gasteiger charge is -2.32. The van der Waals surface area contributed by atoms with E-state index in [1.54, 1.807) is 4.90 Å². The van der Waals surface area contributed by atoms with E-state index >= 15 is 0 Å². The Hall–Kier alpha value is -1.20. The summed E-state index contributed by atoms with van der Waals surface area (Å²) in [7, 11) is 0. The van der Waals surface area contributed by atoms with Crippen LogP contribution in [0.5, 0.6) is 0 Å². The summed E-state index contributed by atoms with van der Waals surface area (Å²) in [5.74, 6) is -1.71. The Labute approximate surface area is 123 Å². The van der Waals surface area contributed by atoms with Gasteiger partial charge in [-0.3, -0.25) is 4.79 Å². The number of carbonyl (C=O) groups is 1. The summed E-state index contributed by atoms with van der Waals surface area (Å²) in [6.45, 7) is 4.15. The van der Waals surface area contributed by atoms with Gasteiger partial charge in [-0.2, -0.15) is 0 Å². The Morgan fingerprint density at radius 3 is 2.90 bits per heavy atom. The highest BCUT2D eigenvalue weighted by Gasteiger charge is 2.20. The highest BCUT2D eigenvalue weighted by molar-refractivity contribution is 5.85. The van der Waals surface area contributed by atoms with Gasteiger partial charge in [0.2, 0.25) is 5.91 Å². The molecule has 1 atom stereocenters. The van der Waals surface area contributed by atoms with Gasteiger partial charge in [0.1, 0.15) is 0 Å². The smallest absolute Gasteiger partial charge is 0.223 e. The topological polar surface area (TPSA) is 32.3 Å². The second-order valence-corrected chi connectivity index (χ2v) is 4.91. The monoisotopic (exact) mass is 304 g/mol. The first-order chi connectivity index (χ1) is 9.08. The molecular formula is C14H19ClF2N2O. The molecule has 1 aromatic carbocycles. The Bertz CT molecular complexity index is 470. The lowest BCUT2D eigenvalue weighted by molar-refractivity contribution is -0.132. The molecule has 1 aromatic rings. The zero-order valence-electron chi connectivity index (χ0n) is 11.4. The van der Waals surface area contributed by atoms with Gasteiger partial charge in [0, 0.05) is 32.1 Å². The van der Waals surface area contributed by atoms with E-state index < -0.39 is 11.6 Å². The lowest BCUT2D eigenvalue weighted by Crippen LogP contribution is -2.51. The zero-order valence-corrected chi connectivity index (χ0v) is 12.2. The SMILES string of the molecule is CC1CN(C(=O)CCc2cccc(F)c2F)CCN1.Cl. The van der Waals surface area contributed by atoms with E-state index in [0.29, 0.717) is 13.1 Å². The van der Waals surface area contributed by atoms with E-state index in [4.69, 9.17) is 0 Å². The number of piperazine rings is 1. The molecule has 0 bridgehead atoms. The molecule has 1 saturated heterocycles. The van der Waals surface area contributed by atoms with Crippen LogP contribution in [0.3, 0.4) is 0 Å². The third-order valence-electron chi connectivity index (χ3n) is 3.36. The van der Waals surface area contributed by atoms with Gasteiger partial charge in [0.15, 0.2) is 11.6 Å². The van der Waals surface area contributed by atoms with E-state index in [0.717, 1.165) is 12.6 Å². The van der Waals surface area contributed by atoms with Gasteiger partial charge in [-0.25, -0.2) is 8.78 Å². The van der Waals surface area contributed by atoms with Crippen molar-refractivity contribution in [3.05, 3.63) is 35.4 Å². The van der Waals surface area contributed by atoms with Crippen LogP contribution >= 0.6 is 12.4 Å². The summed E-state index contributed by atoms with van der Waals surface area (Å²) in [5.41, 5.74) is 0.261. The molecule has 0 aliphatic carbocycles. The zero-order chi connectivity index (χ0) is 13.8. The Balaban J connectivity index is 0.00000200. The number of hydrogen-bond donors (Lipinski definition) is 1. The highest BCUT2D eigenvalue weighted by atomic mass is 35.5. The Morgan fingerprint density at radius 2 is 2.20 bits per heavy atom. The number of nitrogens with one attached hydrogen (secondary N) is 1. The molecule has 1 amide bonds. The van der Waals surface area contributed by atoms with Crippen LogP contribution in [0.4, 0.5) is 8.78 Å². The molecule has 2 rings (SSSR count). The number of hydrogen-bond acceptors (Lipinski definition) is 2. The van der Waals surface area contributed by atoms with Crippen LogP contribution in [-0.4, -0.2) is 36.5 Å². The van der Waals surface area contributed by atoms with Crippen molar-refractivity contribution < 1.29 is 13.6 Å². The van der Waals surface area contributed by atoms with Gasteiger partial charge >= 0.3 is 0 Å². The van der Waals surface area contributed by atoms with Crippen molar-refractivity contribution in [3.63, 3.8) is 0 Å². The van der Waals surface area contributed by atoms with Crippen molar-refractivity contribution in [1.29, 1.82) is 0 Å². The van der Waals surface area contributed by atoms with Gasteiger partial charge in [-0.1, -0.05) is 12.1 Å². The van der Waals surface area contributed by atoms with Gasteiger partial charge in [-0.15, -0.1) is 12.4 Å². The van der Waals surface area contributed by atoms with Gasteiger partial charge in [0.05, 0.1) is 0 Å². The summed E-state index contributed by atoms with van der Waals surface area (Å²) >= 11 is 0. The van der Waals surface area contributed by atoms with Crippen molar-refractivity contribution >= 4 is 18.3 Å². The maximum Gasteiger partial charge on any atom is 0.223 e. The summed E-state index contributed by atoms with van der Waals surface area (Å²) in [5, 5.41) is 3.25. The molecule has 112 valence electrons. The van der Waals surface area contributed by atoms with E-state index in [2.05, 4.69) is 5.32 Å². The van der Waals surface area contributed by atoms with Crippen LogP contribution in [0.15, 0.2) is 18.2 Å². The van der Waals surface area contributed by atoms with Crippen molar-refractivity contribution in [2.45, 2.75) is 25.8 Å². The first-order valence-electron chi connectivity index (χ1n) is 6.52. The minimum Gasteiger partial charge on any atom is -0.340 e. The maximum absolute atomic E-state index is 13.4. The van der Waals surface area contributed by atoms with Crippen molar-refractivity contribution in [2.75, 3.05) is 19.6 Å². The number of aryl methyl sites for hydroxylation is 1. The number of halogens is 3. The maximum atomic E-state index is 13.4. The van der Waals surface area contributed by atoms with Crippen molar-refractivity contribution in [3.8, 4) is 0 Å². The third kappa shape index (κ3) is 4.15. The van der Waals surface area contributed by atoms with Crippen LogP contribution < -0.4 is 5.32 Å². The van der Waals surface area contributed by atoms with E-state index in [-0.39, 0.29) is 42.8 Å². The standard InChI is InChI=1S/C14H18F2N2O.ClH/c1-10-9-18(8-7-17-10)13(19)6-5-11-3-2-4-12(15)14(11)16;/h2-4,10,17H,5-9H2,1H3;1H. The third-order valence-corrected chi connectivity index (χ3v) is 3.36.